The molecule has 1 aliphatic rings. The number of ether oxygens (including phenoxy) is 1. The van der Waals surface area contributed by atoms with E-state index in [0.29, 0.717) is 23.7 Å². The summed E-state index contributed by atoms with van der Waals surface area (Å²) in [5.41, 5.74) is 9.79. The van der Waals surface area contributed by atoms with Crippen LogP contribution in [-0.4, -0.2) is 29.5 Å². The number of aromatic nitrogens is 1. The number of rotatable bonds is 5. The predicted molar refractivity (Wildman–Crippen MR) is 104 cm³/mol. The number of nitrogens with two attached hydrogens (primary N) is 1. The second-order valence-electron chi connectivity index (χ2n) is 6.51. The number of benzene rings is 1. The normalized spacial score (nSPS) is 18.8. The summed E-state index contributed by atoms with van der Waals surface area (Å²) in [7, 11) is 1.60. The molecule has 7 nitrogen and oxygen atoms in total. The number of hydrogen-bond donors (Lipinski definition) is 3. The van der Waals surface area contributed by atoms with Crippen LogP contribution in [0.15, 0.2) is 59.4 Å². The molecule has 2 aromatic rings. The Morgan fingerprint density at radius 2 is 2.15 bits per heavy atom. The van der Waals surface area contributed by atoms with Gasteiger partial charge in [0.2, 0.25) is 0 Å². The first-order valence-corrected chi connectivity index (χ1v) is 8.60. The number of nitrogens with zero attached hydrogens (tertiary/aromatic N) is 2. The highest BCUT2D eigenvalue weighted by atomic mass is 16.5. The molecule has 4 N–H and O–H groups in total. The van der Waals surface area contributed by atoms with E-state index in [1.54, 1.807) is 26.3 Å². The number of aryl methyl sites for hydroxylation is 1. The molecular formula is C20H23N5O2. The Kier molecular flexibility index (Phi) is 5.23. The lowest BCUT2D eigenvalue weighted by Crippen LogP contribution is -2.53. The van der Waals surface area contributed by atoms with Gasteiger partial charge in [-0.1, -0.05) is 18.2 Å². The summed E-state index contributed by atoms with van der Waals surface area (Å²) in [6.07, 6.45) is 3.39. The van der Waals surface area contributed by atoms with Crippen molar-refractivity contribution in [3.05, 3.63) is 71.2 Å². The Bertz CT molecular complexity index is 918. The Balaban J connectivity index is 1.81. The van der Waals surface area contributed by atoms with E-state index in [1.807, 2.05) is 43.3 Å². The standard InChI is InChI=1S/C20H23N5O2/c1-13-6-5-9-22-18(13)12-23-19(26)17-11-16(24-20(2,21)25-17)14-7-4-8-15(10-14)27-3/h4-11,25H,12,21H2,1-3H3,(H,23,26). The molecule has 0 fully saturated rings. The number of aliphatic imine (C=N–C) groups is 1. The van der Waals surface area contributed by atoms with Crippen LogP contribution in [0.25, 0.3) is 0 Å². The molecule has 27 heavy (non-hydrogen) atoms. The van der Waals surface area contributed by atoms with Crippen molar-refractivity contribution in [2.75, 3.05) is 7.11 Å². The van der Waals surface area contributed by atoms with Crippen molar-refractivity contribution < 1.29 is 9.53 Å². The zero-order chi connectivity index (χ0) is 19.4. The van der Waals surface area contributed by atoms with E-state index in [9.17, 15) is 4.79 Å². The number of hydrogen-bond acceptors (Lipinski definition) is 6. The lowest BCUT2D eigenvalue weighted by Gasteiger charge is -2.29. The zero-order valence-corrected chi connectivity index (χ0v) is 15.6. The number of allylic oxidation sites excluding steroid dienone is 1. The minimum absolute atomic E-state index is 0.271. The third-order valence-corrected chi connectivity index (χ3v) is 4.17. The Labute approximate surface area is 158 Å². The maximum atomic E-state index is 12.7. The van der Waals surface area contributed by atoms with Gasteiger partial charge < -0.3 is 15.4 Å². The van der Waals surface area contributed by atoms with Gasteiger partial charge in [0.15, 0.2) is 5.79 Å². The summed E-state index contributed by atoms with van der Waals surface area (Å²) >= 11 is 0. The lowest BCUT2D eigenvalue weighted by molar-refractivity contribution is -0.118. The van der Waals surface area contributed by atoms with Crippen molar-refractivity contribution >= 4 is 11.6 Å². The molecule has 1 atom stereocenters. The molecule has 1 aliphatic heterocycles. The highest BCUT2D eigenvalue weighted by molar-refractivity contribution is 6.13. The molecule has 2 heterocycles. The first kappa shape index (κ1) is 18.6. The smallest absolute Gasteiger partial charge is 0.267 e. The van der Waals surface area contributed by atoms with Gasteiger partial charge in [0.05, 0.1) is 25.1 Å². The predicted octanol–water partition coefficient (Wildman–Crippen LogP) is 1.62. The van der Waals surface area contributed by atoms with Crippen LogP contribution in [0.3, 0.4) is 0 Å². The zero-order valence-electron chi connectivity index (χ0n) is 15.6. The van der Waals surface area contributed by atoms with Crippen LogP contribution in [-0.2, 0) is 11.3 Å². The fraction of sp³-hybridized carbons (Fsp3) is 0.250. The number of methoxy groups -OCH3 is 1. The monoisotopic (exact) mass is 365 g/mol. The van der Waals surface area contributed by atoms with Gasteiger partial charge >= 0.3 is 0 Å². The summed E-state index contributed by atoms with van der Waals surface area (Å²) in [6.45, 7) is 3.99. The molecule has 0 aliphatic carbocycles. The van der Waals surface area contributed by atoms with Crippen molar-refractivity contribution in [1.29, 1.82) is 0 Å². The van der Waals surface area contributed by atoms with Gasteiger partial charge in [-0.2, -0.15) is 0 Å². The maximum Gasteiger partial charge on any atom is 0.267 e. The Morgan fingerprint density at radius 1 is 1.33 bits per heavy atom. The largest absolute Gasteiger partial charge is 0.497 e. The second kappa shape index (κ2) is 7.59. The minimum Gasteiger partial charge on any atom is -0.497 e. The molecule has 1 aromatic carbocycles. The van der Waals surface area contributed by atoms with Crippen LogP contribution < -0.4 is 21.1 Å². The van der Waals surface area contributed by atoms with Crippen molar-refractivity contribution in [2.24, 2.45) is 10.7 Å². The van der Waals surface area contributed by atoms with Gasteiger partial charge in [-0.15, -0.1) is 0 Å². The maximum absolute atomic E-state index is 12.7. The summed E-state index contributed by atoms with van der Waals surface area (Å²) in [5, 5.41) is 5.83. The molecule has 7 heteroatoms. The molecule has 0 bridgehead atoms. The first-order valence-electron chi connectivity index (χ1n) is 8.60. The molecule has 1 unspecified atom stereocenters. The van der Waals surface area contributed by atoms with Crippen molar-refractivity contribution in [1.82, 2.24) is 15.6 Å². The molecule has 0 saturated heterocycles. The second-order valence-corrected chi connectivity index (χ2v) is 6.51. The van der Waals surface area contributed by atoms with Crippen LogP contribution in [0.1, 0.15) is 23.7 Å². The van der Waals surface area contributed by atoms with Gasteiger partial charge in [0.25, 0.3) is 5.91 Å². The fourth-order valence-electron chi connectivity index (χ4n) is 2.77. The summed E-state index contributed by atoms with van der Waals surface area (Å²) < 4.78 is 5.26. The summed E-state index contributed by atoms with van der Waals surface area (Å²) in [5.74, 6) is -0.662. The highest BCUT2D eigenvalue weighted by Crippen LogP contribution is 2.19. The number of amides is 1. The molecule has 1 amide bonds. The number of carbonyl (C=O) groups is 1. The van der Waals surface area contributed by atoms with Crippen LogP contribution in [0, 0.1) is 6.92 Å². The summed E-state index contributed by atoms with van der Waals surface area (Å²) in [4.78, 5) is 21.4. The van der Waals surface area contributed by atoms with Crippen molar-refractivity contribution in [3.8, 4) is 5.75 Å². The molecule has 0 saturated carbocycles. The summed E-state index contributed by atoms with van der Waals surface area (Å²) in [6, 6.07) is 11.3. The number of nitrogens with one attached hydrogen (secondary N) is 2. The van der Waals surface area contributed by atoms with Crippen LogP contribution in [0.4, 0.5) is 0 Å². The minimum atomic E-state index is -1.10. The van der Waals surface area contributed by atoms with E-state index in [4.69, 9.17) is 10.5 Å². The third-order valence-electron chi connectivity index (χ3n) is 4.17. The molecular weight excluding hydrogens is 342 g/mol. The van der Waals surface area contributed by atoms with Crippen LogP contribution >= 0.6 is 0 Å². The molecule has 3 rings (SSSR count). The van der Waals surface area contributed by atoms with E-state index < -0.39 is 5.79 Å². The van der Waals surface area contributed by atoms with Crippen molar-refractivity contribution in [2.45, 2.75) is 26.2 Å². The van der Waals surface area contributed by atoms with Gasteiger partial charge in [0.1, 0.15) is 11.4 Å². The van der Waals surface area contributed by atoms with E-state index in [1.165, 1.54) is 0 Å². The average molecular weight is 365 g/mol. The SMILES string of the molecule is COc1cccc(C2=NC(C)(N)NC(C(=O)NCc3ncccc3C)=C2)c1. The third kappa shape index (κ3) is 4.51. The van der Waals surface area contributed by atoms with E-state index in [2.05, 4.69) is 20.6 Å². The molecule has 1 aromatic heterocycles. The van der Waals surface area contributed by atoms with Crippen LogP contribution in [0.5, 0.6) is 5.75 Å². The topological polar surface area (TPSA) is 102 Å². The van der Waals surface area contributed by atoms with E-state index in [-0.39, 0.29) is 5.91 Å². The first-order chi connectivity index (χ1) is 12.9. The highest BCUT2D eigenvalue weighted by Gasteiger charge is 2.27. The quantitative estimate of drug-likeness (QED) is 0.747. The molecule has 0 radical (unpaired) electrons. The van der Waals surface area contributed by atoms with Crippen LogP contribution in [0.2, 0.25) is 0 Å². The lowest BCUT2D eigenvalue weighted by atomic mass is 10.1. The van der Waals surface area contributed by atoms with Crippen molar-refractivity contribution in [3.63, 3.8) is 0 Å². The Hall–Kier alpha value is -3.19. The van der Waals surface area contributed by atoms with Gasteiger partial charge in [0, 0.05) is 11.8 Å². The Morgan fingerprint density at radius 3 is 2.89 bits per heavy atom. The fourth-order valence-corrected chi connectivity index (χ4v) is 2.77. The van der Waals surface area contributed by atoms with Gasteiger partial charge in [-0.05, 0) is 43.7 Å². The van der Waals surface area contributed by atoms with E-state index >= 15 is 0 Å². The van der Waals surface area contributed by atoms with Gasteiger partial charge in [-0.25, -0.2) is 4.99 Å². The number of carbonyl (C=O) groups excluding carboxylic acids is 1. The molecule has 0 spiro atoms. The van der Waals surface area contributed by atoms with E-state index in [0.717, 1.165) is 16.8 Å². The number of pyridine rings is 1. The average Bonchev–Trinajstić information content (AvgIpc) is 2.66. The van der Waals surface area contributed by atoms with Gasteiger partial charge in [-0.3, -0.25) is 15.5 Å². The molecule has 140 valence electrons.